The first-order chi connectivity index (χ1) is 9.69. The zero-order chi connectivity index (χ0) is 14.4. The van der Waals surface area contributed by atoms with Crippen LogP contribution in [0, 0.1) is 0 Å². The van der Waals surface area contributed by atoms with Crippen molar-refractivity contribution in [2.24, 2.45) is 0 Å². The molecule has 2 rings (SSSR count). The third-order valence-electron chi connectivity index (χ3n) is 2.78. The van der Waals surface area contributed by atoms with Crippen molar-refractivity contribution in [3.63, 3.8) is 0 Å². The van der Waals surface area contributed by atoms with Crippen LogP contribution < -0.4 is 10.1 Å². The molecule has 20 heavy (non-hydrogen) atoms. The summed E-state index contributed by atoms with van der Waals surface area (Å²) in [6.07, 6.45) is 1.10. The highest BCUT2D eigenvalue weighted by molar-refractivity contribution is 6.34. The second-order valence-electron chi connectivity index (χ2n) is 4.49. The normalized spacial score (nSPS) is 10.6. The van der Waals surface area contributed by atoms with Crippen LogP contribution in [0.4, 0.5) is 0 Å². The summed E-state index contributed by atoms with van der Waals surface area (Å²) < 4.78 is 5.89. The van der Waals surface area contributed by atoms with E-state index < -0.39 is 0 Å². The van der Waals surface area contributed by atoms with Crippen LogP contribution in [0.15, 0.2) is 42.5 Å². The van der Waals surface area contributed by atoms with E-state index in [4.69, 9.17) is 27.9 Å². The Balaban J connectivity index is 2.15. The third-order valence-corrected chi connectivity index (χ3v) is 3.22. The molecule has 0 saturated heterocycles. The van der Waals surface area contributed by atoms with E-state index in [1.165, 1.54) is 0 Å². The van der Waals surface area contributed by atoms with Crippen LogP contribution in [-0.2, 0) is 6.54 Å². The summed E-state index contributed by atoms with van der Waals surface area (Å²) in [6, 6.07) is 13.1. The number of halogens is 2. The van der Waals surface area contributed by atoms with E-state index in [0.29, 0.717) is 15.8 Å². The zero-order valence-electron chi connectivity index (χ0n) is 11.3. The fourth-order valence-corrected chi connectivity index (χ4v) is 2.37. The van der Waals surface area contributed by atoms with Gasteiger partial charge in [0.1, 0.15) is 11.5 Å². The molecule has 0 atom stereocenters. The van der Waals surface area contributed by atoms with Crippen molar-refractivity contribution >= 4 is 23.2 Å². The highest BCUT2D eigenvalue weighted by Gasteiger charge is 2.05. The van der Waals surface area contributed by atoms with E-state index in [0.717, 1.165) is 30.8 Å². The van der Waals surface area contributed by atoms with Gasteiger partial charge in [-0.25, -0.2) is 0 Å². The van der Waals surface area contributed by atoms with E-state index in [2.05, 4.69) is 12.2 Å². The lowest BCUT2D eigenvalue weighted by molar-refractivity contribution is 0.473. The van der Waals surface area contributed by atoms with Crippen molar-refractivity contribution in [1.29, 1.82) is 0 Å². The molecule has 0 saturated carbocycles. The minimum atomic E-state index is 0.564. The standard InChI is InChI=1S/C16H17Cl2NO/c1-2-7-19-11-12-5-3-4-6-16(12)20-15-9-13(17)8-14(18)10-15/h3-6,8-10,19H,2,7,11H2,1H3. The lowest BCUT2D eigenvalue weighted by Gasteiger charge is -2.12. The van der Waals surface area contributed by atoms with Crippen LogP contribution in [0.25, 0.3) is 0 Å². The molecule has 0 bridgehead atoms. The Morgan fingerprint density at radius 1 is 1.05 bits per heavy atom. The second-order valence-corrected chi connectivity index (χ2v) is 5.36. The molecule has 2 aromatic carbocycles. The van der Waals surface area contributed by atoms with Crippen molar-refractivity contribution in [2.75, 3.05) is 6.54 Å². The highest BCUT2D eigenvalue weighted by Crippen LogP contribution is 2.30. The molecule has 4 heteroatoms. The lowest BCUT2D eigenvalue weighted by atomic mass is 10.2. The fraction of sp³-hybridized carbons (Fsp3) is 0.250. The van der Waals surface area contributed by atoms with Crippen molar-refractivity contribution < 1.29 is 4.74 Å². The average molecular weight is 310 g/mol. The fourth-order valence-electron chi connectivity index (χ4n) is 1.86. The first-order valence-electron chi connectivity index (χ1n) is 6.61. The Bertz CT molecular complexity index is 552. The predicted octanol–water partition coefficient (Wildman–Crippen LogP) is 5.29. The molecule has 0 unspecified atom stereocenters. The molecule has 0 aliphatic rings. The number of para-hydroxylation sites is 1. The van der Waals surface area contributed by atoms with Crippen LogP contribution in [0.3, 0.4) is 0 Å². The number of ether oxygens (including phenoxy) is 1. The molecule has 2 aromatic rings. The highest BCUT2D eigenvalue weighted by atomic mass is 35.5. The monoisotopic (exact) mass is 309 g/mol. The molecular formula is C16H17Cl2NO. The number of nitrogens with one attached hydrogen (secondary N) is 1. The topological polar surface area (TPSA) is 21.3 Å². The molecule has 0 radical (unpaired) electrons. The summed E-state index contributed by atoms with van der Waals surface area (Å²) in [7, 11) is 0. The van der Waals surface area contributed by atoms with E-state index >= 15 is 0 Å². The minimum absolute atomic E-state index is 0.564. The predicted molar refractivity (Wildman–Crippen MR) is 85.0 cm³/mol. The molecule has 2 nitrogen and oxygen atoms in total. The van der Waals surface area contributed by atoms with Gasteiger partial charge in [-0.2, -0.15) is 0 Å². The van der Waals surface area contributed by atoms with Crippen molar-refractivity contribution in [3.05, 3.63) is 58.1 Å². The molecule has 1 N–H and O–H groups in total. The van der Waals surface area contributed by atoms with E-state index in [1.54, 1.807) is 18.2 Å². The maximum absolute atomic E-state index is 5.98. The Kier molecular flexibility index (Phi) is 5.72. The van der Waals surface area contributed by atoms with Gasteiger partial charge in [0, 0.05) is 22.2 Å². The SMILES string of the molecule is CCCNCc1ccccc1Oc1cc(Cl)cc(Cl)c1. The molecular weight excluding hydrogens is 293 g/mol. The number of hydrogen-bond donors (Lipinski definition) is 1. The van der Waals surface area contributed by atoms with Gasteiger partial charge in [-0.1, -0.05) is 48.3 Å². The molecule has 0 aliphatic carbocycles. The van der Waals surface area contributed by atoms with Gasteiger partial charge in [0.25, 0.3) is 0 Å². The summed E-state index contributed by atoms with van der Waals surface area (Å²) in [5.74, 6) is 1.46. The minimum Gasteiger partial charge on any atom is -0.457 e. The quantitative estimate of drug-likeness (QED) is 0.732. The first-order valence-corrected chi connectivity index (χ1v) is 7.37. The summed E-state index contributed by atoms with van der Waals surface area (Å²) in [5.41, 5.74) is 1.11. The van der Waals surface area contributed by atoms with Gasteiger partial charge in [-0.15, -0.1) is 0 Å². The molecule has 106 valence electrons. The van der Waals surface area contributed by atoms with Crippen molar-refractivity contribution in [1.82, 2.24) is 5.32 Å². The summed E-state index contributed by atoms with van der Waals surface area (Å²) in [4.78, 5) is 0. The maximum Gasteiger partial charge on any atom is 0.131 e. The van der Waals surface area contributed by atoms with Gasteiger partial charge in [0.2, 0.25) is 0 Å². The number of hydrogen-bond acceptors (Lipinski definition) is 2. The van der Waals surface area contributed by atoms with E-state index in [1.807, 2.05) is 24.3 Å². The summed E-state index contributed by atoms with van der Waals surface area (Å²) >= 11 is 12.0. The largest absolute Gasteiger partial charge is 0.457 e. The zero-order valence-corrected chi connectivity index (χ0v) is 12.8. The van der Waals surface area contributed by atoms with Crippen molar-refractivity contribution in [3.8, 4) is 11.5 Å². The Labute approximate surface area is 129 Å². The summed E-state index contributed by atoms with van der Waals surface area (Å²) in [5, 5.41) is 4.50. The first kappa shape index (κ1) is 15.2. The Hall–Kier alpha value is -1.22. The third kappa shape index (κ3) is 4.41. The smallest absolute Gasteiger partial charge is 0.131 e. The van der Waals surface area contributed by atoms with Crippen LogP contribution in [0.1, 0.15) is 18.9 Å². The van der Waals surface area contributed by atoms with Crippen LogP contribution in [0.2, 0.25) is 10.0 Å². The average Bonchev–Trinajstić information content (AvgIpc) is 2.40. The summed E-state index contributed by atoms with van der Waals surface area (Å²) in [6.45, 7) is 3.90. The van der Waals surface area contributed by atoms with E-state index in [-0.39, 0.29) is 0 Å². The molecule has 0 amide bonds. The van der Waals surface area contributed by atoms with Gasteiger partial charge < -0.3 is 10.1 Å². The van der Waals surface area contributed by atoms with Gasteiger partial charge in [-0.05, 0) is 37.2 Å². The van der Waals surface area contributed by atoms with Crippen LogP contribution in [0.5, 0.6) is 11.5 Å². The van der Waals surface area contributed by atoms with Gasteiger partial charge in [0.15, 0.2) is 0 Å². The van der Waals surface area contributed by atoms with Gasteiger partial charge >= 0.3 is 0 Å². The molecule has 0 spiro atoms. The lowest BCUT2D eigenvalue weighted by Crippen LogP contribution is -2.14. The Morgan fingerprint density at radius 2 is 1.75 bits per heavy atom. The van der Waals surface area contributed by atoms with E-state index in [9.17, 15) is 0 Å². The molecule has 0 fully saturated rings. The molecule has 0 aromatic heterocycles. The van der Waals surface area contributed by atoms with Gasteiger partial charge in [-0.3, -0.25) is 0 Å². The molecule has 0 aliphatic heterocycles. The maximum atomic E-state index is 5.98. The second kappa shape index (κ2) is 7.53. The Morgan fingerprint density at radius 3 is 2.45 bits per heavy atom. The van der Waals surface area contributed by atoms with Crippen LogP contribution in [-0.4, -0.2) is 6.54 Å². The number of benzene rings is 2. The van der Waals surface area contributed by atoms with Crippen LogP contribution >= 0.6 is 23.2 Å². The van der Waals surface area contributed by atoms with Crippen molar-refractivity contribution in [2.45, 2.75) is 19.9 Å². The van der Waals surface area contributed by atoms with Gasteiger partial charge in [0.05, 0.1) is 0 Å². The molecule has 0 heterocycles. The number of rotatable bonds is 6.